The summed E-state index contributed by atoms with van der Waals surface area (Å²) in [7, 11) is 0. The van der Waals surface area contributed by atoms with Gasteiger partial charge in [0, 0.05) is 6.54 Å². The van der Waals surface area contributed by atoms with E-state index in [4.69, 9.17) is 10.2 Å². The molecule has 0 radical (unpaired) electrons. The normalized spacial score (nSPS) is 10.2. The number of benzene rings is 1. The molecule has 0 unspecified atom stereocenters. The van der Waals surface area contributed by atoms with Crippen LogP contribution < -0.4 is 11.1 Å². The van der Waals surface area contributed by atoms with Gasteiger partial charge >= 0.3 is 0 Å². The Morgan fingerprint density at radius 1 is 1.41 bits per heavy atom. The van der Waals surface area contributed by atoms with Crippen LogP contribution in [-0.2, 0) is 6.54 Å². The molecule has 1 aromatic carbocycles. The third-order valence-electron chi connectivity index (χ3n) is 2.37. The minimum atomic E-state index is -0.352. The second kappa shape index (κ2) is 4.84. The predicted octanol–water partition coefficient (Wildman–Crippen LogP) is 2.96. The number of nitrogens with two attached hydrogens (primary N) is 1. The molecular weight excluding hydrogens is 219 g/mol. The molecule has 1 aromatic heterocycles. The van der Waals surface area contributed by atoms with E-state index in [1.165, 1.54) is 12.3 Å². The number of halogens is 1. The predicted molar refractivity (Wildman–Crippen MR) is 65.7 cm³/mol. The lowest BCUT2D eigenvalue weighted by Gasteiger charge is -2.09. The van der Waals surface area contributed by atoms with Crippen molar-refractivity contribution in [1.29, 1.82) is 0 Å². The Bertz CT molecular complexity index is 520. The number of nitrogens with one attached hydrogen (secondary N) is 1. The summed E-state index contributed by atoms with van der Waals surface area (Å²) < 4.78 is 18.7. The molecule has 0 spiro atoms. The molecule has 0 bridgehead atoms. The number of anilines is 1. The molecule has 2 aromatic rings. The summed E-state index contributed by atoms with van der Waals surface area (Å²) in [4.78, 5) is 0. The Morgan fingerprint density at radius 3 is 2.88 bits per heavy atom. The van der Waals surface area contributed by atoms with Gasteiger partial charge in [0.05, 0.1) is 17.6 Å². The summed E-state index contributed by atoms with van der Waals surface area (Å²) >= 11 is 0. The van der Waals surface area contributed by atoms with Crippen LogP contribution >= 0.6 is 0 Å². The Labute approximate surface area is 98.7 Å². The van der Waals surface area contributed by atoms with Crippen LogP contribution in [0.4, 0.5) is 10.1 Å². The van der Waals surface area contributed by atoms with Crippen molar-refractivity contribution < 1.29 is 8.81 Å². The average molecular weight is 232 g/mol. The second-order valence-corrected chi connectivity index (χ2v) is 3.60. The molecule has 17 heavy (non-hydrogen) atoms. The molecule has 0 fully saturated rings. The van der Waals surface area contributed by atoms with Gasteiger partial charge in [-0.3, -0.25) is 0 Å². The Balaban J connectivity index is 2.21. The largest absolute Gasteiger partial charge is 0.463 e. The second-order valence-electron chi connectivity index (χ2n) is 3.60. The lowest BCUT2D eigenvalue weighted by Crippen LogP contribution is -2.02. The SMILES string of the molecule is C=C(Nc1cc(CN)ccc1F)c1ccco1. The first kappa shape index (κ1) is 11.4. The third-order valence-corrected chi connectivity index (χ3v) is 2.37. The van der Waals surface area contributed by atoms with Crippen LogP contribution in [0.1, 0.15) is 11.3 Å². The number of furan rings is 1. The summed E-state index contributed by atoms with van der Waals surface area (Å²) in [5, 5.41) is 2.87. The standard InChI is InChI=1S/C13H13FN2O/c1-9(13-3-2-6-17-13)16-12-7-10(8-15)4-5-11(12)14/h2-7,16H,1,8,15H2. The van der Waals surface area contributed by atoms with Crippen molar-refractivity contribution in [2.75, 3.05) is 5.32 Å². The molecule has 1 heterocycles. The van der Waals surface area contributed by atoms with Gasteiger partial charge < -0.3 is 15.5 Å². The minimum Gasteiger partial charge on any atom is -0.463 e. The van der Waals surface area contributed by atoms with Gasteiger partial charge in [0.25, 0.3) is 0 Å². The van der Waals surface area contributed by atoms with Crippen LogP contribution in [-0.4, -0.2) is 0 Å². The van der Waals surface area contributed by atoms with Crippen LogP contribution in [0.25, 0.3) is 5.70 Å². The van der Waals surface area contributed by atoms with Crippen molar-refractivity contribution in [3.63, 3.8) is 0 Å². The molecule has 0 saturated heterocycles. The molecule has 0 saturated carbocycles. The fraction of sp³-hybridized carbons (Fsp3) is 0.0769. The van der Waals surface area contributed by atoms with Crippen LogP contribution in [0, 0.1) is 5.82 Å². The maximum absolute atomic E-state index is 13.5. The van der Waals surface area contributed by atoms with E-state index in [-0.39, 0.29) is 5.82 Å². The first-order valence-corrected chi connectivity index (χ1v) is 5.19. The van der Waals surface area contributed by atoms with Crippen molar-refractivity contribution in [2.45, 2.75) is 6.54 Å². The zero-order valence-electron chi connectivity index (χ0n) is 9.24. The molecule has 0 aliphatic heterocycles. The third kappa shape index (κ3) is 2.54. The number of rotatable bonds is 4. The highest BCUT2D eigenvalue weighted by molar-refractivity contribution is 5.73. The fourth-order valence-corrected chi connectivity index (χ4v) is 1.47. The molecule has 3 N–H and O–H groups in total. The number of hydrogen-bond acceptors (Lipinski definition) is 3. The molecule has 0 amide bonds. The maximum atomic E-state index is 13.5. The molecular formula is C13H13FN2O. The van der Waals surface area contributed by atoms with Crippen molar-refractivity contribution in [3.8, 4) is 0 Å². The smallest absolute Gasteiger partial charge is 0.149 e. The molecule has 0 aliphatic rings. The van der Waals surface area contributed by atoms with E-state index >= 15 is 0 Å². The highest BCUT2D eigenvalue weighted by atomic mass is 19.1. The van der Waals surface area contributed by atoms with Crippen LogP contribution in [0.15, 0.2) is 47.6 Å². The Morgan fingerprint density at radius 2 is 2.24 bits per heavy atom. The van der Waals surface area contributed by atoms with Crippen molar-refractivity contribution >= 4 is 11.4 Å². The van der Waals surface area contributed by atoms with Crippen molar-refractivity contribution in [3.05, 3.63) is 60.3 Å². The van der Waals surface area contributed by atoms with Gasteiger partial charge in [-0.1, -0.05) is 12.6 Å². The lowest BCUT2D eigenvalue weighted by molar-refractivity contribution is 0.553. The number of hydrogen-bond donors (Lipinski definition) is 2. The zero-order valence-corrected chi connectivity index (χ0v) is 9.24. The lowest BCUT2D eigenvalue weighted by atomic mass is 10.2. The van der Waals surface area contributed by atoms with Gasteiger partial charge in [-0.25, -0.2) is 4.39 Å². The maximum Gasteiger partial charge on any atom is 0.149 e. The highest BCUT2D eigenvalue weighted by Crippen LogP contribution is 2.21. The first-order chi connectivity index (χ1) is 8.20. The van der Waals surface area contributed by atoms with Gasteiger partial charge in [-0.05, 0) is 29.8 Å². The monoisotopic (exact) mass is 232 g/mol. The van der Waals surface area contributed by atoms with E-state index < -0.39 is 0 Å². The summed E-state index contributed by atoms with van der Waals surface area (Å²) in [5.41, 5.74) is 7.20. The quantitative estimate of drug-likeness (QED) is 0.852. The molecule has 0 aliphatic carbocycles. The minimum absolute atomic E-state index is 0.342. The molecule has 3 nitrogen and oxygen atoms in total. The highest BCUT2D eigenvalue weighted by Gasteiger charge is 2.07. The van der Waals surface area contributed by atoms with E-state index in [9.17, 15) is 4.39 Å². The van der Waals surface area contributed by atoms with Crippen LogP contribution in [0.3, 0.4) is 0 Å². The average Bonchev–Trinajstić information content (AvgIpc) is 2.85. The summed E-state index contributed by atoms with van der Waals surface area (Å²) in [6.45, 7) is 4.15. The topological polar surface area (TPSA) is 51.2 Å². The molecule has 0 atom stereocenters. The van der Waals surface area contributed by atoms with Gasteiger partial charge in [-0.15, -0.1) is 0 Å². The van der Waals surface area contributed by atoms with Crippen molar-refractivity contribution in [1.82, 2.24) is 0 Å². The summed E-state index contributed by atoms with van der Waals surface area (Å²) in [5.74, 6) is 0.220. The van der Waals surface area contributed by atoms with E-state index in [2.05, 4.69) is 11.9 Å². The van der Waals surface area contributed by atoms with Gasteiger partial charge in [0.15, 0.2) is 0 Å². The molecule has 2 rings (SSSR count). The van der Waals surface area contributed by atoms with Gasteiger partial charge in [0.1, 0.15) is 11.6 Å². The molecule has 4 heteroatoms. The van der Waals surface area contributed by atoms with Gasteiger partial charge in [-0.2, -0.15) is 0 Å². The van der Waals surface area contributed by atoms with E-state index in [0.29, 0.717) is 23.7 Å². The van der Waals surface area contributed by atoms with Gasteiger partial charge in [0.2, 0.25) is 0 Å². The Hall–Kier alpha value is -2.07. The van der Waals surface area contributed by atoms with E-state index in [1.54, 1.807) is 24.3 Å². The van der Waals surface area contributed by atoms with Crippen LogP contribution in [0.5, 0.6) is 0 Å². The van der Waals surface area contributed by atoms with E-state index in [1.807, 2.05) is 0 Å². The first-order valence-electron chi connectivity index (χ1n) is 5.19. The summed E-state index contributed by atoms with van der Waals surface area (Å²) in [6.07, 6.45) is 1.54. The zero-order chi connectivity index (χ0) is 12.3. The summed E-state index contributed by atoms with van der Waals surface area (Å²) in [6, 6.07) is 8.18. The van der Waals surface area contributed by atoms with E-state index in [0.717, 1.165) is 5.56 Å². The van der Waals surface area contributed by atoms with Crippen molar-refractivity contribution in [2.24, 2.45) is 5.73 Å². The fourth-order valence-electron chi connectivity index (χ4n) is 1.47. The van der Waals surface area contributed by atoms with Crippen LogP contribution in [0.2, 0.25) is 0 Å². The molecule has 88 valence electrons. The Kier molecular flexibility index (Phi) is 3.25.